The molecule has 0 fully saturated rings. The van der Waals surface area contributed by atoms with E-state index in [9.17, 15) is 9.90 Å². The molecule has 3 heterocycles. The predicted octanol–water partition coefficient (Wildman–Crippen LogP) is 0.990. The predicted molar refractivity (Wildman–Crippen MR) is 70.1 cm³/mol. The number of rotatable bonds is 2. The van der Waals surface area contributed by atoms with Crippen LogP contribution in [0.3, 0.4) is 0 Å². The van der Waals surface area contributed by atoms with Gasteiger partial charge in [0.05, 0.1) is 0 Å². The third-order valence-corrected chi connectivity index (χ3v) is 3.38. The molecule has 0 saturated carbocycles. The van der Waals surface area contributed by atoms with Crippen molar-refractivity contribution in [1.29, 1.82) is 0 Å². The van der Waals surface area contributed by atoms with Gasteiger partial charge < -0.3 is 19.9 Å². The van der Waals surface area contributed by atoms with E-state index in [0.717, 1.165) is 5.56 Å². The molecule has 0 unspecified atom stereocenters. The summed E-state index contributed by atoms with van der Waals surface area (Å²) in [5.41, 5.74) is 0.907. The minimum Gasteiger partial charge on any atom is -0.477 e. The SMILES string of the molecule is O=C(O)C1=C[C@H](c2ccc3c(c2)OCO3)n2ncnc2N1. The second kappa shape index (κ2) is 4.23. The average molecular weight is 286 g/mol. The zero-order valence-electron chi connectivity index (χ0n) is 10.7. The van der Waals surface area contributed by atoms with Crippen LogP contribution in [0.1, 0.15) is 11.6 Å². The maximum absolute atomic E-state index is 11.2. The Labute approximate surface area is 118 Å². The number of carboxylic acid groups (broad SMARTS) is 1. The Morgan fingerprint density at radius 2 is 2.24 bits per heavy atom. The third kappa shape index (κ3) is 1.80. The van der Waals surface area contributed by atoms with E-state index in [-0.39, 0.29) is 18.5 Å². The molecule has 1 aromatic heterocycles. The van der Waals surface area contributed by atoms with Gasteiger partial charge in [0.25, 0.3) is 0 Å². The van der Waals surface area contributed by atoms with Crippen molar-refractivity contribution in [2.75, 3.05) is 12.1 Å². The number of ether oxygens (including phenoxy) is 2. The van der Waals surface area contributed by atoms with Gasteiger partial charge in [-0.2, -0.15) is 10.1 Å². The molecule has 0 aliphatic carbocycles. The fraction of sp³-hybridized carbons (Fsp3) is 0.154. The highest BCUT2D eigenvalue weighted by molar-refractivity contribution is 5.90. The molecule has 0 radical (unpaired) electrons. The number of nitrogens with one attached hydrogen (secondary N) is 1. The van der Waals surface area contributed by atoms with Crippen LogP contribution in [-0.4, -0.2) is 32.6 Å². The van der Waals surface area contributed by atoms with Gasteiger partial charge in [0, 0.05) is 0 Å². The largest absolute Gasteiger partial charge is 0.477 e. The maximum atomic E-state index is 11.2. The van der Waals surface area contributed by atoms with Crippen molar-refractivity contribution < 1.29 is 19.4 Å². The summed E-state index contributed by atoms with van der Waals surface area (Å²) in [4.78, 5) is 15.2. The molecule has 2 N–H and O–H groups in total. The van der Waals surface area contributed by atoms with Gasteiger partial charge in [-0.05, 0) is 23.8 Å². The molecule has 2 aliphatic rings. The van der Waals surface area contributed by atoms with Crippen LogP contribution in [0.2, 0.25) is 0 Å². The van der Waals surface area contributed by atoms with E-state index in [2.05, 4.69) is 15.4 Å². The molecule has 1 atom stereocenters. The lowest BCUT2D eigenvalue weighted by molar-refractivity contribution is -0.132. The van der Waals surface area contributed by atoms with Gasteiger partial charge in [-0.3, -0.25) is 0 Å². The number of carboxylic acids is 1. The van der Waals surface area contributed by atoms with Crippen LogP contribution in [0.15, 0.2) is 36.3 Å². The molecule has 8 heteroatoms. The maximum Gasteiger partial charge on any atom is 0.352 e. The van der Waals surface area contributed by atoms with Crippen LogP contribution >= 0.6 is 0 Å². The number of hydrogen-bond donors (Lipinski definition) is 2. The summed E-state index contributed by atoms with van der Waals surface area (Å²) in [5, 5.41) is 16.0. The quantitative estimate of drug-likeness (QED) is 0.849. The third-order valence-electron chi connectivity index (χ3n) is 3.38. The second-order valence-corrected chi connectivity index (χ2v) is 4.60. The summed E-state index contributed by atoms with van der Waals surface area (Å²) in [5.74, 6) is 0.652. The highest BCUT2D eigenvalue weighted by Gasteiger charge is 2.27. The van der Waals surface area contributed by atoms with Crippen LogP contribution in [0.5, 0.6) is 11.5 Å². The van der Waals surface area contributed by atoms with Gasteiger partial charge in [0.15, 0.2) is 11.5 Å². The van der Waals surface area contributed by atoms with Crippen molar-refractivity contribution in [3.63, 3.8) is 0 Å². The monoisotopic (exact) mass is 286 g/mol. The van der Waals surface area contributed by atoms with Gasteiger partial charge in [0.2, 0.25) is 12.7 Å². The van der Waals surface area contributed by atoms with Crippen LogP contribution in [0, 0.1) is 0 Å². The molecular weight excluding hydrogens is 276 g/mol. The van der Waals surface area contributed by atoms with Crippen molar-refractivity contribution in [3.05, 3.63) is 41.9 Å². The van der Waals surface area contributed by atoms with E-state index >= 15 is 0 Å². The molecular formula is C13H10N4O4. The Balaban J connectivity index is 1.82. The Morgan fingerprint density at radius 3 is 3.10 bits per heavy atom. The summed E-state index contributed by atoms with van der Waals surface area (Å²) in [6.07, 6.45) is 2.96. The lowest BCUT2D eigenvalue weighted by Gasteiger charge is -2.22. The van der Waals surface area contributed by atoms with Crippen molar-refractivity contribution in [3.8, 4) is 11.5 Å². The topological polar surface area (TPSA) is 98.5 Å². The first kappa shape index (κ1) is 11.8. The summed E-state index contributed by atoms with van der Waals surface area (Å²) in [6.45, 7) is 0.190. The van der Waals surface area contributed by atoms with Gasteiger partial charge in [-0.25, -0.2) is 9.48 Å². The number of fused-ring (bicyclic) bond motifs is 2. The Morgan fingerprint density at radius 1 is 1.38 bits per heavy atom. The molecule has 21 heavy (non-hydrogen) atoms. The number of benzene rings is 1. The lowest BCUT2D eigenvalue weighted by atomic mass is 10.0. The Hall–Kier alpha value is -3.03. The number of aromatic nitrogens is 3. The first-order valence-electron chi connectivity index (χ1n) is 6.23. The minimum atomic E-state index is -1.05. The Bertz CT molecular complexity index is 767. The number of anilines is 1. The average Bonchev–Trinajstić information content (AvgIpc) is 3.13. The molecule has 2 aromatic rings. The van der Waals surface area contributed by atoms with Crippen LogP contribution in [-0.2, 0) is 4.79 Å². The number of nitrogens with zero attached hydrogens (tertiary/aromatic N) is 3. The highest BCUT2D eigenvalue weighted by atomic mass is 16.7. The zero-order chi connectivity index (χ0) is 14.4. The highest BCUT2D eigenvalue weighted by Crippen LogP contribution is 2.37. The van der Waals surface area contributed by atoms with Gasteiger partial charge in [-0.15, -0.1) is 0 Å². The molecule has 1 aromatic carbocycles. The number of carbonyl (C=O) groups is 1. The summed E-state index contributed by atoms with van der Waals surface area (Å²) in [6, 6.07) is 5.10. The van der Waals surface area contributed by atoms with E-state index in [4.69, 9.17) is 9.47 Å². The molecule has 0 bridgehead atoms. The van der Waals surface area contributed by atoms with E-state index < -0.39 is 5.97 Å². The number of aliphatic carboxylic acids is 1. The van der Waals surface area contributed by atoms with Crippen molar-refractivity contribution in [2.45, 2.75) is 6.04 Å². The smallest absolute Gasteiger partial charge is 0.352 e. The molecule has 0 amide bonds. The first-order valence-corrected chi connectivity index (χ1v) is 6.23. The number of hydrogen-bond acceptors (Lipinski definition) is 6. The molecule has 8 nitrogen and oxygen atoms in total. The van der Waals surface area contributed by atoms with E-state index in [1.54, 1.807) is 16.8 Å². The van der Waals surface area contributed by atoms with E-state index in [0.29, 0.717) is 17.4 Å². The fourth-order valence-corrected chi connectivity index (χ4v) is 2.39. The van der Waals surface area contributed by atoms with Crippen molar-refractivity contribution >= 4 is 11.9 Å². The molecule has 2 aliphatic heterocycles. The van der Waals surface area contributed by atoms with Crippen LogP contribution in [0.4, 0.5) is 5.95 Å². The summed E-state index contributed by atoms with van der Waals surface area (Å²) < 4.78 is 12.2. The van der Waals surface area contributed by atoms with Crippen molar-refractivity contribution in [2.24, 2.45) is 0 Å². The zero-order valence-corrected chi connectivity index (χ0v) is 10.7. The summed E-state index contributed by atoms with van der Waals surface area (Å²) in [7, 11) is 0. The second-order valence-electron chi connectivity index (χ2n) is 4.60. The van der Waals surface area contributed by atoms with Crippen LogP contribution in [0.25, 0.3) is 0 Å². The fourth-order valence-electron chi connectivity index (χ4n) is 2.39. The minimum absolute atomic E-state index is 0.0677. The normalized spacial score (nSPS) is 18.7. The van der Waals surface area contributed by atoms with E-state index in [1.165, 1.54) is 6.33 Å². The lowest BCUT2D eigenvalue weighted by Crippen LogP contribution is -2.24. The van der Waals surface area contributed by atoms with Gasteiger partial charge in [-0.1, -0.05) is 6.07 Å². The van der Waals surface area contributed by atoms with Crippen LogP contribution < -0.4 is 14.8 Å². The van der Waals surface area contributed by atoms with Crippen molar-refractivity contribution in [1.82, 2.24) is 14.8 Å². The molecule has 0 saturated heterocycles. The Kier molecular flexibility index (Phi) is 2.37. The molecule has 4 rings (SSSR count). The van der Waals surface area contributed by atoms with Gasteiger partial charge in [0.1, 0.15) is 18.1 Å². The van der Waals surface area contributed by atoms with E-state index in [1.807, 2.05) is 12.1 Å². The molecule has 106 valence electrons. The van der Waals surface area contributed by atoms with Gasteiger partial charge >= 0.3 is 5.97 Å². The first-order chi connectivity index (χ1) is 10.2. The number of allylic oxidation sites excluding steroid dienone is 1. The standard InChI is InChI=1S/C13H10N4O4/c18-12(19)8-4-9(17-13(16-8)14-5-15-17)7-1-2-10-11(3-7)21-6-20-10/h1-5,9H,6H2,(H,18,19)(H,14,15,16)/t9-/m1/s1. The summed E-state index contributed by atoms with van der Waals surface area (Å²) >= 11 is 0. The molecule has 0 spiro atoms.